The third-order valence-electron chi connectivity index (χ3n) is 3.94. The Balaban J connectivity index is 2.16. The van der Waals surface area contributed by atoms with E-state index in [1.54, 1.807) is 0 Å². The molecule has 0 unspecified atom stereocenters. The number of likely N-dealkylation sites (N-methyl/N-ethyl adjacent to an activating group) is 2. The molecule has 0 heterocycles. The number of nitrogens with one attached hydrogen (secondary N) is 2. The quantitative estimate of drug-likeness (QED) is 0.568. The molecule has 0 saturated heterocycles. The van der Waals surface area contributed by atoms with Gasteiger partial charge in [-0.2, -0.15) is 13.2 Å². The number of nitrogens with zero attached hydrogens (tertiary/aromatic N) is 2. The number of alkyl halides is 3. The molecule has 24 heavy (non-hydrogen) atoms. The van der Waals surface area contributed by atoms with E-state index in [9.17, 15) is 22.8 Å². The molecule has 3 N–H and O–H groups in total. The van der Waals surface area contributed by atoms with Gasteiger partial charge in [0.25, 0.3) is 0 Å². The highest BCUT2D eigenvalue weighted by atomic mass is 19.4. The molecule has 0 spiro atoms. The van der Waals surface area contributed by atoms with Crippen molar-refractivity contribution in [3.05, 3.63) is 0 Å². The molecule has 1 rings (SSSR count). The Kier molecular flexibility index (Phi) is 7.74. The molecule has 1 aliphatic carbocycles. The van der Waals surface area contributed by atoms with E-state index >= 15 is 0 Å². The predicted molar refractivity (Wildman–Crippen MR) is 81.8 cm³/mol. The van der Waals surface area contributed by atoms with Crippen molar-refractivity contribution in [3.8, 4) is 0 Å². The fourth-order valence-corrected chi connectivity index (χ4v) is 2.66. The fraction of sp³-hybridized carbons (Fsp3) is 0.857. The number of urea groups is 1. The van der Waals surface area contributed by atoms with Crippen molar-refractivity contribution >= 4 is 12.0 Å². The Labute approximate surface area is 139 Å². The zero-order valence-electron chi connectivity index (χ0n) is 13.9. The topological polar surface area (TPSA) is 84.9 Å². The second kappa shape index (κ2) is 9.07. The van der Waals surface area contributed by atoms with Gasteiger partial charge in [-0.1, -0.05) is 6.92 Å². The lowest BCUT2D eigenvalue weighted by Crippen LogP contribution is -2.56. The predicted octanol–water partition coefficient (Wildman–Crippen LogP) is 0.717. The molecule has 140 valence electrons. The smallest absolute Gasteiger partial charge is 0.401 e. The molecule has 0 aromatic carbocycles. The van der Waals surface area contributed by atoms with Crippen LogP contribution in [-0.2, 0) is 4.79 Å². The van der Waals surface area contributed by atoms with Crippen LogP contribution in [0.1, 0.15) is 19.8 Å². The van der Waals surface area contributed by atoms with E-state index in [1.165, 1.54) is 7.05 Å². The normalized spacial score (nSPS) is 20.8. The van der Waals surface area contributed by atoms with Gasteiger partial charge in [-0.05, 0) is 26.4 Å². The van der Waals surface area contributed by atoms with Crippen LogP contribution in [0.15, 0.2) is 0 Å². The summed E-state index contributed by atoms with van der Waals surface area (Å²) in [5.41, 5.74) is 0. The molecule has 1 fully saturated rings. The van der Waals surface area contributed by atoms with Crippen molar-refractivity contribution in [2.24, 2.45) is 0 Å². The van der Waals surface area contributed by atoms with Crippen LogP contribution in [0.2, 0.25) is 0 Å². The summed E-state index contributed by atoms with van der Waals surface area (Å²) in [7, 11) is 1.34. The maximum absolute atomic E-state index is 12.1. The first-order valence-corrected chi connectivity index (χ1v) is 7.86. The molecule has 0 aromatic rings. The van der Waals surface area contributed by atoms with Crippen LogP contribution in [0.3, 0.4) is 0 Å². The van der Waals surface area contributed by atoms with Gasteiger partial charge in [-0.25, -0.2) is 4.79 Å². The van der Waals surface area contributed by atoms with E-state index in [4.69, 9.17) is 5.11 Å². The second-order valence-corrected chi connectivity index (χ2v) is 6.03. The molecule has 7 nitrogen and oxygen atoms in total. The van der Waals surface area contributed by atoms with Gasteiger partial charge in [0, 0.05) is 25.2 Å². The lowest BCUT2D eigenvalue weighted by Gasteiger charge is -2.42. The van der Waals surface area contributed by atoms with Gasteiger partial charge in [0.2, 0.25) is 0 Å². The molecular formula is C14H25F3N4O3. The van der Waals surface area contributed by atoms with Crippen LogP contribution in [0.5, 0.6) is 0 Å². The fourth-order valence-electron chi connectivity index (χ4n) is 2.66. The highest BCUT2D eigenvalue weighted by Crippen LogP contribution is 2.25. The van der Waals surface area contributed by atoms with Crippen molar-refractivity contribution in [2.75, 3.05) is 39.8 Å². The van der Waals surface area contributed by atoms with Crippen LogP contribution in [-0.4, -0.2) is 84.9 Å². The Morgan fingerprint density at radius 2 is 1.92 bits per heavy atom. The van der Waals surface area contributed by atoms with E-state index < -0.39 is 24.7 Å². The van der Waals surface area contributed by atoms with Crippen LogP contribution in [0.4, 0.5) is 18.0 Å². The second-order valence-electron chi connectivity index (χ2n) is 6.03. The first-order valence-electron chi connectivity index (χ1n) is 7.86. The van der Waals surface area contributed by atoms with E-state index in [-0.39, 0.29) is 31.7 Å². The van der Waals surface area contributed by atoms with Crippen molar-refractivity contribution in [3.63, 3.8) is 0 Å². The average molecular weight is 354 g/mol. The molecule has 1 saturated carbocycles. The van der Waals surface area contributed by atoms with Gasteiger partial charge < -0.3 is 15.7 Å². The van der Waals surface area contributed by atoms with Gasteiger partial charge in [-0.15, -0.1) is 0 Å². The molecule has 1 aliphatic rings. The van der Waals surface area contributed by atoms with Gasteiger partial charge in [0.1, 0.15) is 0 Å². The molecule has 0 atom stereocenters. The highest BCUT2D eigenvalue weighted by Gasteiger charge is 2.34. The molecule has 2 amide bonds. The largest absolute Gasteiger partial charge is 0.480 e. The lowest BCUT2D eigenvalue weighted by atomic mass is 9.85. The van der Waals surface area contributed by atoms with Gasteiger partial charge in [0.15, 0.2) is 0 Å². The lowest BCUT2D eigenvalue weighted by molar-refractivity contribution is -0.143. The summed E-state index contributed by atoms with van der Waals surface area (Å²) in [6.45, 7) is 1.69. The SMILES string of the molecule is CCN(CC(=O)O)C1CC(NC(=O)NCCN(C)CC(F)(F)F)C1. The third kappa shape index (κ3) is 7.82. The van der Waals surface area contributed by atoms with Gasteiger partial charge in [-0.3, -0.25) is 14.6 Å². The number of aliphatic carboxylic acids is 1. The molecule has 0 aromatic heterocycles. The number of halogens is 3. The minimum Gasteiger partial charge on any atom is -0.480 e. The zero-order valence-corrected chi connectivity index (χ0v) is 13.9. The Hall–Kier alpha value is -1.55. The zero-order chi connectivity index (χ0) is 18.3. The summed E-state index contributed by atoms with van der Waals surface area (Å²) in [6.07, 6.45) is -2.91. The van der Waals surface area contributed by atoms with Crippen molar-refractivity contribution in [2.45, 2.75) is 38.0 Å². The summed E-state index contributed by atoms with van der Waals surface area (Å²) in [4.78, 5) is 25.3. The van der Waals surface area contributed by atoms with Gasteiger partial charge in [0.05, 0.1) is 13.1 Å². The number of hydrogen-bond donors (Lipinski definition) is 3. The maximum Gasteiger partial charge on any atom is 0.401 e. The number of hydrogen-bond acceptors (Lipinski definition) is 4. The van der Waals surface area contributed by atoms with Crippen molar-refractivity contribution in [1.82, 2.24) is 20.4 Å². The first kappa shape index (κ1) is 20.5. The first-order chi connectivity index (χ1) is 11.1. The van der Waals surface area contributed by atoms with E-state index in [0.29, 0.717) is 19.4 Å². The number of carbonyl (C=O) groups excluding carboxylic acids is 1. The minimum absolute atomic E-state index is 0.0222. The molecule has 10 heteroatoms. The Morgan fingerprint density at radius 3 is 2.42 bits per heavy atom. The van der Waals surface area contributed by atoms with E-state index in [1.807, 2.05) is 11.8 Å². The average Bonchev–Trinajstić information content (AvgIpc) is 2.37. The number of carboxylic acids is 1. The Morgan fingerprint density at radius 1 is 1.29 bits per heavy atom. The van der Waals surface area contributed by atoms with E-state index in [0.717, 1.165) is 4.90 Å². The molecule has 0 radical (unpaired) electrons. The summed E-state index contributed by atoms with van der Waals surface area (Å²) in [6, 6.07) is -0.319. The molecule has 0 bridgehead atoms. The van der Waals surface area contributed by atoms with Crippen LogP contribution in [0, 0.1) is 0 Å². The Bertz CT molecular complexity index is 428. The third-order valence-corrected chi connectivity index (χ3v) is 3.94. The maximum atomic E-state index is 12.1. The summed E-state index contributed by atoms with van der Waals surface area (Å²) >= 11 is 0. The standard InChI is InChI=1S/C14H25F3N4O3/c1-3-21(8-12(22)23)11-6-10(7-11)19-13(24)18-4-5-20(2)9-14(15,16)17/h10-11H,3-9H2,1-2H3,(H,22,23)(H2,18,19,24). The molecule has 0 aliphatic heterocycles. The van der Waals surface area contributed by atoms with Crippen LogP contribution >= 0.6 is 0 Å². The number of rotatable bonds is 9. The number of carboxylic acid groups (broad SMARTS) is 1. The van der Waals surface area contributed by atoms with Crippen LogP contribution < -0.4 is 10.6 Å². The van der Waals surface area contributed by atoms with E-state index in [2.05, 4.69) is 10.6 Å². The van der Waals surface area contributed by atoms with Gasteiger partial charge >= 0.3 is 18.2 Å². The number of carbonyl (C=O) groups is 2. The highest BCUT2D eigenvalue weighted by molar-refractivity contribution is 5.74. The summed E-state index contributed by atoms with van der Waals surface area (Å²) < 4.78 is 36.4. The number of amides is 2. The summed E-state index contributed by atoms with van der Waals surface area (Å²) in [5.74, 6) is -0.881. The minimum atomic E-state index is -4.25. The monoisotopic (exact) mass is 354 g/mol. The molecular weight excluding hydrogens is 329 g/mol. The summed E-state index contributed by atoms with van der Waals surface area (Å²) in [5, 5.41) is 14.1. The van der Waals surface area contributed by atoms with Crippen molar-refractivity contribution < 1.29 is 27.9 Å². The van der Waals surface area contributed by atoms with Crippen molar-refractivity contribution in [1.29, 1.82) is 0 Å². The van der Waals surface area contributed by atoms with Crippen LogP contribution in [0.25, 0.3) is 0 Å².